The zero-order chi connectivity index (χ0) is 8.97. The predicted octanol–water partition coefficient (Wildman–Crippen LogP) is -1.06. The van der Waals surface area contributed by atoms with Crippen molar-refractivity contribution >= 4 is 18.5 Å². The number of carbonyl (C=O) groups is 2. The number of hydrogen-bond donors (Lipinski definition) is 1. The molecule has 12 heavy (non-hydrogen) atoms. The number of nitrogens with zero attached hydrogens (tertiary/aromatic N) is 2. The van der Waals surface area contributed by atoms with Crippen molar-refractivity contribution < 1.29 is 9.59 Å². The van der Waals surface area contributed by atoms with Crippen LogP contribution in [0.4, 0.5) is 0 Å². The van der Waals surface area contributed by atoms with Crippen molar-refractivity contribution in [2.24, 2.45) is 0 Å². The molecule has 0 aliphatic carbocycles. The highest BCUT2D eigenvalue weighted by molar-refractivity contribution is 6.23. The Hall–Kier alpha value is -1.39. The molecule has 1 fully saturated rings. The van der Waals surface area contributed by atoms with Crippen molar-refractivity contribution in [2.45, 2.75) is 0 Å². The fraction of sp³-hybridized carbons (Fsp3) is 0.571. The lowest BCUT2D eigenvalue weighted by Crippen LogP contribution is -2.48. The largest absolute Gasteiger partial charge is 0.360 e. The van der Waals surface area contributed by atoms with Crippen LogP contribution in [0.15, 0.2) is 0 Å². The van der Waals surface area contributed by atoms with E-state index in [2.05, 4.69) is 0 Å². The maximum Gasteiger partial charge on any atom is 0.286 e. The van der Waals surface area contributed by atoms with Crippen molar-refractivity contribution in [3.63, 3.8) is 0 Å². The van der Waals surface area contributed by atoms with Gasteiger partial charge in [-0.25, -0.2) is 0 Å². The van der Waals surface area contributed by atoms with Gasteiger partial charge in [0.25, 0.3) is 5.91 Å². The lowest BCUT2D eigenvalue weighted by molar-refractivity contribution is -0.139. The van der Waals surface area contributed by atoms with Gasteiger partial charge in [0.05, 0.1) is 6.34 Å². The van der Waals surface area contributed by atoms with Crippen molar-refractivity contribution in [3.05, 3.63) is 0 Å². The van der Waals surface area contributed by atoms with Crippen molar-refractivity contribution in [2.75, 3.05) is 26.2 Å². The van der Waals surface area contributed by atoms with Crippen LogP contribution >= 0.6 is 0 Å². The summed E-state index contributed by atoms with van der Waals surface area (Å²) in [7, 11) is 0. The van der Waals surface area contributed by atoms with Gasteiger partial charge in [-0.1, -0.05) is 0 Å². The number of nitrogens with one attached hydrogen (secondary N) is 1. The van der Waals surface area contributed by atoms with Gasteiger partial charge < -0.3 is 9.80 Å². The molecule has 0 unspecified atom stereocenters. The van der Waals surface area contributed by atoms with Crippen LogP contribution in [-0.4, -0.2) is 54.5 Å². The molecule has 5 heteroatoms. The van der Waals surface area contributed by atoms with Gasteiger partial charge >= 0.3 is 0 Å². The molecular weight excluding hydrogens is 158 g/mol. The summed E-state index contributed by atoms with van der Waals surface area (Å²) in [5.41, 5.74) is 0. The number of rotatable bonds is 2. The van der Waals surface area contributed by atoms with E-state index in [1.54, 1.807) is 4.90 Å². The molecule has 0 atom stereocenters. The molecule has 1 saturated heterocycles. The van der Waals surface area contributed by atoms with Crippen LogP contribution < -0.4 is 0 Å². The Bertz CT molecular complexity index is 197. The number of carbonyl (C=O) groups excluding carboxylic acids is 2. The van der Waals surface area contributed by atoms with E-state index in [1.807, 2.05) is 0 Å². The number of piperazine rings is 1. The molecule has 1 N–H and O–H groups in total. The zero-order valence-corrected chi connectivity index (χ0v) is 6.69. The summed E-state index contributed by atoms with van der Waals surface area (Å²) in [6, 6.07) is 0. The lowest BCUT2D eigenvalue weighted by Gasteiger charge is -2.32. The van der Waals surface area contributed by atoms with E-state index in [4.69, 9.17) is 5.41 Å². The second-order valence-electron chi connectivity index (χ2n) is 2.61. The number of aldehydes is 1. The number of hydrogen-bond acceptors (Lipinski definition) is 3. The van der Waals surface area contributed by atoms with E-state index in [-0.39, 0.29) is 0 Å². The third-order valence-corrected chi connectivity index (χ3v) is 1.91. The first-order valence-corrected chi connectivity index (χ1v) is 3.76. The average Bonchev–Trinajstić information content (AvgIpc) is 2.17. The molecule has 0 aromatic rings. The van der Waals surface area contributed by atoms with Gasteiger partial charge in [0, 0.05) is 26.2 Å². The van der Waals surface area contributed by atoms with Crippen LogP contribution in [0.1, 0.15) is 0 Å². The summed E-state index contributed by atoms with van der Waals surface area (Å²) in [4.78, 5) is 24.2. The van der Waals surface area contributed by atoms with Crippen molar-refractivity contribution in [1.29, 1.82) is 5.41 Å². The van der Waals surface area contributed by atoms with Gasteiger partial charge in [0.15, 0.2) is 0 Å². The van der Waals surface area contributed by atoms with Gasteiger partial charge in [-0.05, 0) is 0 Å². The molecule has 0 spiro atoms. The quantitative estimate of drug-likeness (QED) is 0.248. The van der Waals surface area contributed by atoms with Crippen molar-refractivity contribution in [1.82, 2.24) is 9.80 Å². The van der Waals surface area contributed by atoms with Crippen LogP contribution in [0.2, 0.25) is 0 Å². The smallest absolute Gasteiger partial charge is 0.286 e. The molecule has 0 bridgehead atoms. The molecule has 1 rings (SSSR count). The third kappa shape index (κ3) is 1.81. The standard InChI is InChI=1S/C7H11N3O2/c8-6-9-1-3-10(4-2-9)7(12)5-11/h5-6,8H,1-4H2. The van der Waals surface area contributed by atoms with E-state index in [0.717, 1.165) is 0 Å². The lowest BCUT2D eigenvalue weighted by atomic mass is 10.3. The summed E-state index contributed by atoms with van der Waals surface area (Å²) in [5, 5.41) is 6.94. The van der Waals surface area contributed by atoms with E-state index in [9.17, 15) is 9.59 Å². The average molecular weight is 169 g/mol. The van der Waals surface area contributed by atoms with E-state index in [0.29, 0.717) is 32.5 Å². The molecule has 0 aromatic carbocycles. The molecule has 1 aliphatic rings. The Labute approximate surface area is 70.5 Å². The van der Waals surface area contributed by atoms with Crippen LogP contribution in [0, 0.1) is 5.41 Å². The van der Waals surface area contributed by atoms with Gasteiger partial charge in [-0.15, -0.1) is 0 Å². The highest BCUT2D eigenvalue weighted by Crippen LogP contribution is 1.98. The van der Waals surface area contributed by atoms with Crippen LogP contribution in [-0.2, 0) is 9.59 Å². The van der Waals surface area contributed by atoms with Crippen molar-refractivity contribution in [3.8, 4) is 0 Å². The summed E-state index contributed by atoms with van der Waals surface area (Å²) in [5.74, 6) is -0.459. The molecule has 66 valence electrons. The fourth-order valence-corrected chi connectivity index (χ4v) is 1.15. The maximum absolute atomic E-state index is 10.8. The van der Waals surface area contributed by atoms with Gasteiger partial charge in [-0.2, -0.15) is 0 Å². The Morgan fingerprint density at radius 1 is 1.25 bits per heavy atom. The third-order valence-electron chi connectivity index (χ3n) is 1.91. The molecule has 0 aromatic heterocycles. The minimum Gasteiger partial charge on any atom is -0.360 e. The normalized spacial score (nSPS) is 17.3. The summed E-state index contributed by atoms with van der Waals surface area (Å²) in [6.07, 6.45) is 1.59. The van der Waals surface area contributed by atoms with E-state index < -0.39 is 5.91 Å². The van der Waals surface area contributed by atoms with Crippen LogP contribution in [0.5, 0.6) is 0 Å². The van der Waals surface area contributed by atoms with Crippen LogP contribution in [0.3, 0.4) is 0 Å². The first-order chi connectivity index (χ1) is 5.77. The Kier molecular flexibility index (Phi) is 2.79. The van der Waals surface area contributed by atoms with E-state index in [1.165, 1.54) is 11.2 Å². The minimum atomic E-state index is -0.459. The van der Waals surface area contributed by atoms with Gasteiger partial charge in [0.1, 0.15) is 0 Å². The van der Waals surface area contributed by atoms with Gasteiger partial charge in [-0.3, -0.25) is 15.0 Å². The Morgan fingerprint density at radius 3 is 2.25 bits per heavy atom. The first-order valence-electron chi connectivity index (χ1n) is 3.76. The molecule has 5 nitrogen and oxygen atoms in total. The maximum atomic E-state index is 10.8. The predicted molar refractivity (Wildman–Crippen MR) is 43.0 cm³/mol. The molecule has 0 radical (unpaired) electrons. The highest BCUT2D eigenvalue weighted by atomic mass is 16.2. The molecule has 1 aliphatic heterocycles. The second kappa shape index (κ2) is 3.85. The first kappa shape index (κ1) is 8.70. The summed E-state index contributed by atoms with van der Waals surface area (Å²) in [6.45, 7) is 2.35. The Morgan fingerprint density at radius 2 is 1.83 bits per heavy atom. The summed E-state index contributed by atoms with van der Waals surface area (Å²) >= 11 is 0. The van der Waals surface area contributed by atoms with Crippen LogP contribution in [0.25, 0.3) is 0 Å². The minimum absolute atomic E-state index is 0.333. The highest BCUT2D eigenvalue weighted by Gasteiger charge is 2.18. The zero-order valence-electron chi connectivity index (χ0n) is 6.69. The summed E-state index contributed by atoms with van der Waals surface area (Å²) < 4.78 is 0. The fourth-order valence-electron chi connectivity index (χ4n) is 1.15. The topological polar surface area (TPSA) is 64.5 Å². The molecular formula is C7H11N3O2. The van der Waals surface area contributed by atoms with E-state index >= 15 is 0 Å². The monoisotopic (exact) mass is 169 g/mol. The second-order valence-corrected chi connectivity index (χ2v) is 2.61. The molecule has 1 heterocycles. The Balaban J connectivity index is 2.40. The SMILES string of the molecule is N=CN1CCN(C(=O)C=O)CC1. The molecule has 0 saturated carbocycles. The number of amides is 1. The van der Waals surface area contributed by atoms with Gasteiger partial charge in [0.2, 0.25) is 6.29 Å². The molecule has 1 amide bonds.